The van der Waals surface area contributed by atoms with E-state index < -0.39 is 12.1 Å². The number of aryl methyl sites for hydroxylation is 1. The van der Waals surface area contributed by atoms with Crippen LogP contribution in [0.4, 0.5) is 13.2 Å². The molecule has 182 valence electrons. The molecule has 4 aromatic heterocycles. The standard InChI is InChI=1S/C25H25F3N6O/c1-3-4-9-34-15-19(16-6-10-33(2)11-7-16)18-13-21(30-14-22(18)34)20-12-17(5-8-29-20)23-31-24(35-32-23)25(26,27)28/h5-6,8,12-15H,3-4,7,9-11H2,1-2H3. The molecule has 4 aromatic rings. The van der Waals surface area contributed by atoms with Crippen molar-refractivity contribution in [2.24, 2.45) is 0 Å². The van der Waals surface area contributed by atoms with E-state index in [0.29, 0.717) is 17.0 Å². The molecule has 0 saturated heterocycles. The molecule has 0 bridgehead atoms. The van der Waals surface area contributed by atoms with Crippen LogP contribution in [0.5, 0.6) is 0 Å². The van der Waals surface area contributed by atoms with Crippen LogP contribution in [0.3, 0.4) is 0 Å². The summed E-state index contributed by atoms with van der Waals surface area (Å²) in [5.74, 6) is -1.53. The van der Waals surface area contributed by atoms with E-state index in [1.165, 1.54) is 17.3 Å². The second kappa shape index (κ2) is 9.26. The van der Waals surface area contributed by atoms with E-state index in [9.17, 15) is 13.2 Å². The van der Waals surface area contributed by atoms with Crippen LogP contribution in [0.25, 0.3) is 39.3 Å². The molecular formula is C25H25F3N6O. The lowest BCUT2D eigenvalue weighted by Gasteiger charge is -2.21. The number of rotatable bonds is 6. The Morgan fingerprint density at radius 1 is 1.14 bits per heavy atom. The lowest BCUT2D eigenvalue weighted by Crippen LogP contribution is -2.23. The topological polar surface area (TPSA) is 72.9 Å². The van der Waals surface area contributed by atoms with Crippen LogP contribution in [0.2, 0.25) is 0 Å². The fraction of sp³-hybridized carbons (Fsp3) is 0.360. The third kappa shape index (κ3) is 4.70. The van der Waals surface area contributed by atoms with Gasteiger partial charge in [0.25, 0.3) is 0 Å². The van der Waals surface area contributed by atoms with Gasteiger partial charge in [0.05, 0.1) is 23.1 Å². The van der Waals surface area contributed by atoms with Gasteiger partial charge in [-0.05, 0) is 43.7 Å². The number of unbranched alkanes of at least 4 members (excludes halogenated alkanes) is 1. The number of nitrogens with zero attached hydrogens (tertiary/aromatic N) is 6. The zero-order chi connectivity index (χ0) is 24.6. The number of halogens is 3. The summed E-state index contributed by atoms with van der Waals surface area (Å²) in [6, 6.07) is 5.18. The highest BCUT2D eigenvalue weighted by molar-refractivity contribution is 5.94. The van der Waals surface area contributed by atoms with Gasteiger partial charge in [0.1, 0.15) is 0 Å². The predicted molar refractivity (Wildman–Crippen MR) is 126 cm³/mol. The number of fused-ring (bicyclic) bond motifs is 1. The molecular weight excluding hydrogens is 457 g/mol. The smallest absolute Gasteiger partial charge is 0.346 e. The maximum atomic E-state index is 12.9. The minimum absolute atomic E-state index is 0.148. The van der Waals surface area contributed by atoms with Gasteiger partial charge < -0.3 is 14.0 Å². The Morgan fingerprint density at radius 2 is 1.97 bits per heavy atom. The van der Waals surface area contributed by atoms with Crippen molar-refractivity contribution in [3.63, 3.8) is 0 Å². The number of alkyl halides is 3. The fourth-order valence-electron chi connectivity index (χ4n) is 4.28. The van der Waals surface area contributed by atoms with Crippen LogP contribution in [-0.4, -0.2) is 49.7 Å². The maximum absolute atomic E-state index is 12.9. The number of pyridine rings is 2. The zero-order valence-electron chi connectivity index (χ0n) is 19.5. The molecule has 1 aliphatic heterocycles. The Kier molecular flexibility index (Phi) is 6.14. The van der Waals surface area contributed by atoms with Crippen LogP contribution in [0, 0.1) is 0 Å². The molecule has 10 heteroatoms. The third-order valence-corrected chi connectivity index (χ3v) is 6.23. The van der Waals surface area contributed by atoms with Crippen LogP contribution < -0.4 is 0 Å². The molecule has 0 unspecified atom stereocenters. The van der Waals surface area contributed by atoms with Crippen molar-refractivity contribution in [2.75, 3.05) is 20.1 Å². The molecule has 0 aliphatic carbocycles. The Balaban J connectivity index is 1.56. The molecule has 5 heterocycles. The zero-order valence-corrected chi connectivity index (χ0v) is 19.5. The second-order valence-corrected chi connectivity index (χ2v) is 8.77. The second-order valence-electron chi connectivity index (χ2n) is 8.77. The summed E-state index contributed by atoms with van der Waals surface area (Å²) in [7, 11) is 2.11. The fourth-order valence-corrected chi connectivity index (χ4v) is 4.28. The predicted octanol–water partition coefficient (Wildman–Crippen LogP) is 5.69. The van der Waals surface area contributed by atoms with Crippen LogP contribution in [0.15, 0.2) is 47.4 Å². The summed E-state index contributed by atoms with van der Waals surface area (Å²) < 4.78 is 45.3. The minimum Gasteiger partial charge on any atom is -0.346 e. The molecule has 0 saturated carbocycles. The van der Waals surface area contributed by atoms with Crippen molar-refractivity contribution in [3.8, 4) is 22.8 Å². The Bertz CT molecular complexity index is 1390. The molecule has 0 radical (unpaired) electrons. The van der Waals surface area contributed by atoms with Gasteiger partial charge in [0, 0.05) is 48.5 Å². The van der Waals surface area contributed by atoms with E-state index in [1.54, 1.807) is 12.1 Å². The van der Waals surface area contributed by atoms with Crippen LogP contribution in [-0.2, 0) is 12.7 Å². The van der Waals surface area contributed by atoms with E-state index in [-0.39, 0.29) is 5.82 Å². The molecule has 7 nitrogen and oxygen atoms in total. The monoisotopic (exact) mass is 482 g/mol. The highest BCUT2D eigenvalue weighted by Crippen LogP contribution is 2.34. The normalized spacial score (nSPS) is 15.1. The number of aromatic nitrogens is 5. The highest BCUT2D eigenvalue weighted by atomic mass is 19.4. The number of likely N-dealkylation sites (N-methyl/N-ethyl adjacent to an activating group) is 1. The van der Waals surface area contributed by atoms with Crippen LogP contribution >= 0.6 is 0 Å². The van der Waals surface area contributed by atoms with E-state index in [1.807, 2.05) is 12.3 Å². The van der Waals surface area contributed by atoms with Gasteiger partial charge in [0.2, 0.25) is 5.82 Å². The van der Waals surface area contributed by atoms with Crippen molar-refractivity contribution >= 4 is 16.5 Å². The van der Waals surface area contributed by atoms with Crippen molar-refractivity contribution in [1.82, 2.24) is 29.6 Å². The molecule has 0 aromatic carbocycles. The quantitative estimate of drug-likeness (QED) is 0.352. The largest absolute Gasteiger partial charge is 0.471 e. The van der Waals surface area contributed by atoms with Gasteiger partial charge in [-0.25, -0.2) is 0 Å². The third-order valence-electron chi connectivity index (χ3n) is 6.23. The van der Waals surface area contributed by atoms with Gasteiger partial charge in [-0.15, -0.1) is 0 Å². The summed E-state index contributed by atoms with van der Waals surface area (Å²) in [6.07, 6.45) is 6.28. The van der Waals surface area contributed by atoms with E-state index in [2.05, 4.69) is 60.3 Å². The van der Waals surface area contributed by atoms with Gasteiger partial charge in [-0.1, -0.05) is 24.6 Å². The first-order valence-corrected chi connectivity index (χ1v) is 11.6. The van der Waals surface area contributed by atoms with Gasteiger partial charge >= 0.3 is 12.1 Å². The molecule has 0 spiro atoms. The number of hydrogen-bond donors (Lipinski definition) is 0. The first-order valence-electron chi connectivity index (χ1n) is 11.6. The average Bonchev–Trinajstić information content (AvgIpc) is 3.49. The van der Waals surface area contributed by atoms with E-state index in [4.69, 9.17) is 0 Å². The minimum atomic E-state index is -4.70. The molecule has 5 rings (SSSR count). The van der Waals surface area contributed by atoms with Crippen molar-refractivity contribution in [2.45, 2.75) is 38.9 Å². The molecule has 0 N–H and O–H groups in total. The molecule has 0 atom stereocenters. The molecule has 35 heavy (non-hydrogen) atoms. The van der Waals surface area contributed by atoms with Crippen molar-refractivity contribution < 1.29 is 17.7 Å². The molecule has 0 fully saturated rings. The number of hydrogen-bond acceptors (Lipinski definition) is 6. The van der Waals surface area contributed by atoms with Crippen molar-refractivity contribution in [3.05, 3.63) is 54.3 Å². The van der Waals surface area contributed by atoms with Gasteiger partial charge in [-0.3, -0.25) is 9.97 Å². The first-order chi connectivity index (χ1) is 16.8. The maximum Gasteiger partial charge on any atom is 0.471 e. The van der Waals surface area contributed by atoms with Gasteiger partial charge in [-0.2, -0.15) is 18.2 Å². The Morgan fingerprint density at radius 3 is 2.69 bits per heavy atom. The lowest BCUT2D eigenvalue weighted by atomic mass is 9.99. The van der Waals surface area contributed by atoms with E-state index in [0.717, 1.165) is 49.8 Å². The Labute approximate surface area is 200 Å². The highest BCUT2D eigenvalue weighted by Gasteiger charge is 2.38. The van der Waals surface area contributed by atoms with E-state index >= 15 is 0 Å². The Hall–Kier alpha value is -3.53. The summed E-state index contributed by atoms with van der Waals surface area (Å²) in [4.78, 5) is 14.8. The van der Waals surface area contributed by atoms with Crippen molar-refractivity contribution in [1.29, 1.82) is 0 Å². The summed E-state index contributed by atoms with van der Waals surface area (Å²) in [5, 5.41) is 4.57. The van der Waals surface area contributed by atoms with Crippen LogP contribution in [0.1, 0.15) is 37.6 Å². The summed E-state index contributed by atoms with van der Waals surface area (Å²) in [6.45, 7) is 4.99. The SMILES string of the molecule is CCCCn1cc(C2=CCN(C)CC2)c2cc(-c3cc(-c4noc(C(F)(F)F)n4)ccn3)ncc21. The van der Waals surface area contributed by atoms with Gasteiger partial charge in [0.15, 0.2) is 0 Å². The first kappa shape index (κ1) is 23.2. The lowest BCUT2D eigenvalue weighted by molar-refractivity contribution is -0.159. The molecule has 0 amide bonds. The average molecular weight is 483 g/mol. The molecule has 1 aliphatic rings. The summed E-state index contributed by atoms with van der Waals surface area (Å²) in [5.41, 5.74) is 5.08. The summed E-state index contributed by atoms with van der Waals surface area (Å²) >= 11 is 0.